The third-order valence-corrected chi connectivity index (χ3v) is 3.06. The van der Waals surface area contributed by atoms with Crippen LogP contribution in [0.1, 0.15) is 0 Å². The molecule has 0 saturated carbocycles. The normalized spacial score (nSPS) is 12.4. The van der Waals surface area contributed by atoms with Gasteiger partial charge in [-0.25, -0.2) is 21.9 Å². The summed E-state index contributed by atoms with van der Waals surface area (Å²) in [4.78, 5) is -0.236. The van der Waals surface area contributed by atoms with E-state index < -0.39 is 22.8 Å². The Morgan fingerprint density at radius 3 is 2.57 bits per heavy atom. The van der Waals surface area contributed by atoms with Crippen molar-refractivity contribution in [1.82, 2.24) is 9.78 Å². The minimum atomic E-state index is -3.51. The van der Waals surface area contributed by atoms with E-state index in [4.69, 9.17) is 11.6 Å². The van der Waals surface area contributed by atoms with E-state index in [1.165, 1.54) is 0 Å². The molecule has 0 aromatic carbocycles. The molecule has 0 amide bonds. The first kappa shape index (κ1) is 11.4. The Balaban J connectivity index is 3.09. The van der Waals surface area contributed by atoms with Crippen LogP contribution in [0.25, 0.3) is 0 Å². The topological polar surface area (TPSA) is 52.0 Å². The smallest absolute Gasteiger partial charge is 0.247 e. The van der Waals surface area contributed by atoms with Gasteiger partial charge in [-0.1, -0.05) is 11.6 Å². The third kappa shape index (κ3) is 2.42. The second kappa shape index (κ2) is 3.82. The van der Waals surface area contributed by atoms with E-state index >= 15 is 0 Å². The van der Waals surface area contributed by atoms with Gasteiger partial charge in [0.25, 0.3) is 6.43 Å². The van der Waals surface area contributed by atoms with Crippen molar-refractivity contribution in [2.24, 2.45) is 0 Å². The number of sulfone groups is 1. The SMILES string of the molecule is CS(=O)(=O)c1cnn(CC(F)F)c1Cl. The van der Waals surface area contributed by atoms with Crippen LogP contribution >= 0.6 is 11.6 Å². The summed E-state index contributed by atoms with van der Waals surface area (Å²) in [6.07, 6.45) is -0.734. The molecule has 0 unspecified atom stereocenters. The molecule has 14 heavy (non-hydrogen) atoms. The number of hydrogen-bond acceptors (Lipinski definition) is 3. The molecule has 4 nitrogen and oxygen atoms in total. The Morgan fingerprint density at radius 1 is 1.64 bits per heavy atom. The lowest BCUT2D eigenvalue weighted by Crippen LogP contribution is -2.08. The van der Waals surface area contributed by atoms with E-state index in [-0.39, 0.29) is 10.0 Å². The molecule has 1 heterocycles. The molecule has 0 fully saturated rings. The third-order valence-electron chi connectivity index (χ3n) is 1.45. The summed E-state index contributed by atoms with van der Waals surface area (Å²) in [5, 5.41) is 3.16. The first-order valence-corrected chi connectivity index (χ1v) is 5.79. The fourth-order valence-electron chi connectivity index (χ4n) is 0.860. The van der Waals surface area contributed by atoms with Crippen LogP contribution < -0.4 is 0 Å². The molecule has 1 aromatic rings. The molecule has 1 aromatic heterocycles. The molecule has 0 aliphatic rings. The molecule has 80 valence electrons. The first-order valence-electron chi connectivity index (χ1n) is 3.52. The highest BCUT2D eigenvalue weighted by atomic mass is 35.5. The van der Waals surface area contributed by atoms with Gasteiger partial charge in [0, 0.05) is 6.26 Å². The van der Waals surface area contributed by atoms with Crippen molar-refractivity contribution in [2.45, 2.75) is 17.9 Å². The van der Waals surface area contributed by atoms with E-state index in [1.54, 1.807) is 0 Å². The monoisotopic (exact) mass is 244 g/mol. The Labute approximate surface area is 84.4 Å². The fraction of sp³-hybridized carbons (Fsp3) is 0.500. The molecular weight excluding hydrogens is 238 g/mol. The van der Waals surface area contributed by atoms with E-state index in [0.717, 1.165) is 17.1 Å². The molecule has 8 heteroatoms. The van der Waals surface area contributed by atoms with Crippen molar-refractivity contribution < 1.29 is 17.2 Å². The number of rotatable bonds is 3. The second-order valence-corrected chi connectivity index (χ2v) is 4.99. The van der Waals surface area contributed by atoms with E-state index in [9.17, 15) is 17.2 Å². The highest BCUT2D eigenvalue weighted by Gasteiger charge is 2.19. The zero-order valence-electron chi connectivity index (χ0n) is 7.11. The molecular formula is C6H7ClF2N2O2S. The van der Waals surface area contributed by atoms with Gasteiger partial charge in [-0.05, 0) is 0 Å². The van der Waals surface area contributed by atoms with Crippen LogP contribution in [0.3, 0.4) is 0 Å². The van der Waals surface area contributed by atoms with Crippen molar-refractivity contribution in [3.63, 3.8) is 0 Å². The molecule has 0 radical (unpaired) electrons. The van der Waals surface area contributed by atoms with Crippen LogP contribution in [0, 0.1) is 0 Å². The Kier molecular flexibility index (Phi) is 3.10. The average Bonchev–Trinajstić information content (AvgIpc) is 2.30. The molecule has 0 N–H and O–H groups in total. The van der Waals surface area contributed by atoms with Crippen molar-refractivity contribution >= 4 is 21.4 Å². The molecule has 0 saturated heterocycles. The minimum Gasteiger partial charge on any atom is -0.247 e. The maximum absolute atomic E-state index is 11.9. The van der Waals surface area contributed by atoms with Gasteiger partial charge < -0.3 is 0 Å². The lowest BCUT2D eigenvalue weighted by molar-refractivity contribution is 0.122. The second-order valence-electron chi connectivity index (χ2n) is 2.64. The summed E-state index contributed by atoms with van der Waals surface area (Å²) in [7, 11) is -3.51. The van der Waals surface area contributed by atoms with E-state index in [0.29, 0.717) is 0 Å². The zero-order valence-corrected chi connectivity index (χ0v) is 8.69. The van der Waals surface area contributed by atoms with Gasteiger partial charge in [0.15, 0.2) is 9.84 Å². The average molecular weight is 245 g/mol. The van der Waals surface area contributed by atoms with Gasteiger partial charge in [0.1, 0.15) is 16.6 Å². The van der Waals surface area contributed by atoms with Crippen LogP contribution in [0.4, 0.5) is 8.78 Å². The number of nitrogens with zero attached hydrogens (tertiary/aromatic N) is 2. The highest BCUT2D eigenvalue weighted by molar-refractivity contribution is 7.90. The molecule has 0 bridgehead atoms. The Morgan fingerprint density at radius 2 is 2.21 bits per heavy atom. The van der Waals surface area contributed by atoms with Gasteiger partial charge in [0.05, 0.1) is 6.20 Å². The Bertz CT molecular complexity index is 429. The fourth-order valence-corrected chi connectivity index (χ4v) is 2.09. The van der Waals surface area contributed by atoms with Crippen molar-refractivity contribution in [3.8, 4) is 0 Å². The lowest BCUT2D eigenvalue weighted by Gasteiger charge is -2.01. The van der Waals surface area contributed by atoms with Crippen LogP contribution in [-0.4, -0.2) is 30.9 Å². The number of halogens is 3. The van der Waals surface area contributed by atoms with Crippen LogP contribution in [-0.2, 0) is 16.4 Å². The summed E-state index contributed by atoms with van der Waals surface area (Å²) in [6.45, 7) is -0.714. The van der Waals surface area contributed by atoms with Crippen LogP contribution in [0.15, 0.2) is 11.1 Å². The predicted molar refractivity (Wildman–Crippen MR) is 46.4 cm³/mol. The molecule has 0 spiro atoms. The van der Waals surface area contributed by atoms with Gasteiger partial charge >= 0.3 is 0 Å². The van der Waals surface area contributed by atoms with Gasteiger partial charge in [-0.2, -0.15) is 5.10 Å². The van der Waals surface area contributed by atoms with E-state index in [2.05, 4.69) is 5.10 Å². The minimum absolute atomic E-state index is 0.236. The molecule has 0 aliphatic heterocycles. The summed E-state index contributed by atoms with van der Waals surface area (Å²) in [5.74, 6) is 0. The largest absolute Gasteiger partial charge is 0.257 e. The van der Waals surface area contributed by atoms with Crippen molar-refractivity contribution in [3.05, 3.63) is 11.3 Å². The van der Waals surface area contributed by atoms with Crippen LogP contribution in [0.2, 0.25) is 5.15 Å². The lowest BCUT2D eigenvalue weighted by atomic mass is 10.6. The Hall–Kier alpha value is -0.690. The molecule has 1 rings (SSSR count). The standard InChI is InChI=1S/C6H7ClF2N2O2S/c1-14(12,13)4-2-10-11(6(4)7)3-5(8)9/h2,5H,3H2,1H3. The number of alkyl halides is 2. The maximum Gasteiger partial charge on any atom is 0.257 e. The first-order chi connectivity index (χ1) is 6.32. The summed E-state index contributed by atoms with van der Waals surface area (Å²) >= 11 is 5.54. The summed E-state index contributed by atoms with van der Waals surface area (Å²) in [5.41, 5.74) is 0. The van der Waals surface area contributed by atoms with E-state index in [1.807, 2.05) is 0 Å². The van der Waals surface area contributed by atoms with Gasteiger partial charge in [0.2, 0.25) is 0 Å². The quantitative estimate of drug-likeness (QED) is 0.803. The number of aromatic nitrogens is 2. The zero-order chi connectivity index (χ0) is 10.9. The maximum atomic E-state index is 11.9. The van der Waals surface area contributed by atoms with Crippen molar-refractivity contribution in [2.75, 3.05) is 6.26 Å². The number of hydrogen-bond donors (Lipinski definition) is 0. The molecule has 0 aliphatic carbocycles. The van der Waals surface area contributed by atoms with Gasteiger partial charge in [-0.3, -0.25) is 0 Å². The molecule has 0 atom stereocenters. The van der Waals surface area contributed by atoms with Crippen LogP contribution in [0.5, 0.6) is 0 Å². The van der Waals surface area contributed by atoms with Gasteiger partial charge in [-0.15, -0.1) is 0 Å². The predicted octanol–water partition coefficient (Wildman–Crippen LogP) is 1.21. The van der Waals surface area contributed by atoms with Crippen molar-refractivity contribution in [1.29, 1.82) is 0 Å². The summed E-state index contributed by atoms with van der Waals surface area (Å²) in [6, 6.07) is 0. The highest BCUT2D eigenvalue weighted by Crippen LogP contribution is 2.21. The summed E-state index contributed by atoms with van der Waals surface area (Å²) < 4.78 is 46.7.